The summed E-state index contributed by atoms with van der Waals surface area (Å²) in [4.78, 5) is 0. The van der Waals surface area contributed by atoms with Gasteiger partial charge in [-0.1, -0.05) is 18.2 Å². The number of nitrogens with zero attached hydrogens (tertiary/aromatic N) is 2. The summed E-state index contributed by atoms with van der Waals surface area (Å²) in [7, 11) is 1.49. The first-order valence-electron chi connectivity index (χ1n) is 5.50. The third-order valence-corrected chi connectivity index (χ3v) is 2.58. The Morgan fingerprint density at radius 2 is 2.00 bits per heavy atom. The Labute approximate surface area is 104 Å². The standard InChI is InChI=1S/C13H13FN2O2/c1-18-13-7-6-11(15-16-13)12(17)8-9-4-2-3-5-10(9)14/h2-7,12,17H,8H2,1H3. The van der Waals surface area contributed by atoms with Gasteiger partial charge in [-0.15, -0.1) is 10.2 Å². The second-order valence-corrected chi connectivity index (χ2v) is 3.81. The second kappa shape index (κ2) is 5.55. The highest BCUT2D eigenvalue weighted by atomic mass is 19.1. The van der Waals surface area contributed by atoms with Crippen LogP contribution in [0.15, 0.2) is 36.4 Å². The van der Waals surface area contributed by atoms with Crippen LogP contribution in [0.5, 0.6) is 5.88 Å². The van der Waals surface area contributed by atoms with Gasteiger partial charge in [0, 0.05) is 12.5 Å². The zero-order valence-electron chi connectivity index (χ0n) is 9.88. The monoisotopic (exact) mass is 248 g/mol. The Kier molecular flexibility index (Phi) is 3.84. The molecule has 94 valence electrons. The van der Waals surface area contributed by atoms with E-state index in [-0.39, 0.29) is 12.2 Å². The summed E-state index contributed by atoms with van der Waals surface area (Å²) in [5, 5.41) is 17.5. The Balaban J connectivity index is 2.11. The third kappa shape index (κ3) is 2.81. The first-order valence-corrected chi connectivity index (χ1v) is 5.50. The number of aliphatic hydroxyl groups excluding tert-OH is 1. The molecule has 0 aliphatic carbocycles. The van der Waals surface area contributed by atoms with Crippen LogP contribution in [0.3, 0.4) is 0 Å². The van der Waals surface area contributed by atoms with Crippen molar-refractivity contribution in [3.8, 4) is 5.88 Å². The fraction of sp³-hybridized carbons (Fsp3) is 0.231. The van der Waals surface area contributed by atoms with Crippen LogP contribution in [0, 0.1) is 5.82 Å². The molecule has 1 aromatic carbocycles. The number of aliphatic hydroxyl groups is 1. The summed E-state index contributed by atoms with van der Waals surface area (Å²) >= 11 is 0. The van der Waals surface area contributed by atoms with Gasteiger partial charge in [-0.2, -0.15) is 0 Å². The number of hydrogen-bond acceptors (Lipinski definition) is 4. The molecule has 5 heteroatoms. The van der Waals surface area contributed by atoms with Gasteiger partial charge < -0.3 is 9.84 Å². The van der Waals surface area contributed by atoms with Crippen LogP contribution in [0.1, 0.15) is 17.4 Å². The minimum Gasteiger partial charge on any atom is -0.480 e. The number of methoxy groups -OCH3 is 1. The average Bonchev–Trinajstić information content (AvgIpc) is 2.41. The first kappa shape index (κ1) is 12.4. The van der Waals surface area contributed by atoms with Crippen molar-refractivity contribution in [3.63, 3.8) is 0 Å². The minimum absolute atomic E-state index is 0.160. The van der Waals surface area contributed by atoms with E-state index in [0.717, 1.165) is 0 Å². The van der Waals surface area contributed by atoms with E-state index in [1.165, 1.54) is 13.2 Å². The van der Waals surface area contributed by atoms with E-state index in [2.05, 4.69) is 10.2 Å². The molecule has 1 aromatic heterocycles. The van der Waals surface area contributed by atoms with E-state index in [1.807, 2.05) is 0 Å². The summed E-state index contributed by atoms with van der Waals surface area (Å²) < 4.78 is 18.3. The fourth-order valence-electron chi connectivity index (χ4n) is 1.59. The molecule has 1 unspecified atom stereocenters. The fourth-order valence-corrected chi connectivity index (χ4v) is 1.59. The van der Waals surface area contributed by atoms with Crippen molar-refractivity contribution in [2.24, 2.45) is 0 Å². The summed E-state index contributed by atoms with van der Waals surface area (Å²) in [6.07, 6.45) is -0.728. The number of rotatable bonds is 4. The Hall–Kier alpha value is -2.01. The topological polar surface area (TPSA) is 55.2 Å². The van der Waals surface area contributed by atoms with Crippen LogP contribution < -0.4 is 4.74 Å². The van der Waals surface area contributed by atoms with Crippen molar-refractivity contribution in [3.05, 3.63) is 53.5 Å². The molecule has 0 spiro atoms. The largest absolute Gasteiger partial charge is 0.480 e. The minimum atomic E-state index is -0.889. The predicted molar refractivity (Wildman–Crippen MR) is 63.6 cm³/mol. The quantitative estimate of drug-likeness (QED) is 0.897. The van der Waals surface area contributed by atoms with Gasteiger partial charge >= 0.3 is 0 Å². The van der Waals surface area contributed by atoms with Gasteiger partial charge in [0.25, 0.3) is 0 Å². The number of halogens is 1. The van der Waals surface area contributed by atoms with Crippen molar-refractivity contribution < 1.29 is 14.2 Å². The molecule has 4 nitrogen and oxygen atoms in total. The van der Waals surface area contributed by atoms with E-state index < -0.39 is 6.10 Å². The van der Waals surface area contributed by atoms with Crippen LogP contribution in [0.4, 0.5) is 4.39 Å². The molecule has 18 heavy (non-hydrogen) atoms. The molecule has 0 bridgehead atoms. The first-order chi connectivity index (χ1) is 8.70. The lowest BCUT2D eigenvalue weighted by molar-refractivity contribution is 0.170. The number of ether oxygens (including phenoxy) is 1. The zero-order chi connectivity index (χ0) is 13.0. The maximum atomic E-state index is 13.4. The molecule has 0 saturated heterocycles. The zero-order valence-corrected chi connectivity index (χ0v) is 9.88. The molecular weight excluding hydrogens is 235 g/mol. The van der Waals surface area contributed by atoms with Crippen molar-refractivity contribution in [2.45, 2.75) is 12.5 Å². The maximum Gasteiger partial charge on any atom is 0.233 e. The molecule has 1 N–H and O–H groups in total. The number of hydrogen-bond donors (Lipinski definition) is 1. The molecule has 0 amide bonds. The van der Waals surface area contributed by atoms with Gasteiger partial charge in [0.1, 0.15) is 11.9 Å². The van der Waals surface area contributed by atoms with Gasteiger partial charge in [0.15, 0.2) is 0 Å². The highest BCUT2D eigenvalue weighted by Crippen LogP contribution is 2.18. The molecule has 1 heterocycles. The molecule has 2 aromatic rings. The van der Waals surface area contributed by atoms with Crippen LogP contribution >= 0.6 is 0 Å². The van der Waals surface area contributed by atoms with Crippen LogP contribution in [-0.2, 0) is 6.42 Å². The normalized spacial score (nSPS) is 12.2. The van der Waals surface area contributed by atoms with Gasteiger partial charge in [-0.25, -0.2) is 4.39 Å². The molecule has 1 atom stereocenters. The highest BCUT2D eigenvalue weighted by molar-refractivity contribution is 5.20. The molecule has 0 radical (unpaired) electrons. The Morgan fingerprint density at radius 1 is 1.22 bits per heavy atom. The Bertz CT molecular complexity index is 517. The van der Waals surface area contributed by atoms with E-state index in [0.29, 0.717) is 17.1 Å². The van der Waals surface area contributed by atoms with E-state index in [1.54, 1.807) is 30.3 Å². The summed E-state index contributed by atoms with van der Waals surface area (Å²) in [5.74, 6) is 0.0369. The second-order valence-electron chi connectivity index (χ2n) is 3.81. The van der Waals surface area contributed by atoms with Gasteiger partial charge in [0.05, 0.1) is 12.8 Å². The summed E-state index contributed by atoms with van der Waals surface area (Å²) in [6, 6.07) is 9.55. The molecule has 0 fully saturated rings. The van der Waals surface area contributed by atoms with Crippen LogP contribution in [0.2, 0.25) is 0 Å². The highest BCUT2D eigenvalue weighted by Gasteiger charge is 2.13. The van der Waals surface area contributed by atoms with Crippen molar-refractivity contribution >= 4 is 0 Å². The average molecular weight is 248 g/mol. The van der Waals surface area contributed by atoms with Crippen molar-refractivity contribution in [1.29, 1.82) is 0 Å². The summed E-state index contributed by atoms with van der Waals surface area (Å²) in [6.45, 7) is 0. The van der Waals surface area contributed by atoms with Gasteiger partial charge in [-0.05, 0) is 17.7 Å². The molecule has 0 saturated carbocycles. The SMILES string of the molecule is COc1ccc(C(O)Cc2ccccc2F)nn1. The van der Waals surface area contributed by atoms with Crippen molar-refractivity contribution in [1.82, 2.24) is 10.2 Å². The molecule has 0 aliphatic rings. The summed E-state index contributed by atoms with van der Waals surface area (Å²) in [5.41, 5.74) is 0.835. The number of benzene rings is 1. The van der Waals surface area contributed by atoms with Crippen molar-refractivity contribution in [2.75, 3.05) is 7.11 Å². The number of aromatic nitrogens is 2. The van der Waals surface area contributed by atoms with Crippen LogP contribution in [-0.4, -0.2) is 22.4 Å². The predicted octanol–water partition coefficient (Wildman–Crippen LogP) is 1.90. The van der Waals surface area contributed by atoms with E-state index in [4.69, 9.17) is 4.74 Å². The van der Waals surface area contributed by atoms with E-state index in [9.17, 15) is 9.50 Å². The lowest BCUT2D eigenvalue weighted by atomic mass is 10.1. The molecular formula is C13H13FN2O2. The van der Waals surface area contributed by atoms with E-state index >= 15 is 0 Å². The van der Waals surface area contributed by atoms with Crippen LogP contribution in [0.25, 0.3) is 0 Å². The third-order valence-electron chi connectivity index (χ3n) is 2.58. The van der Waals surface area contributed by atoms with Gasteiger partial charge in [0.2, 0.25) is 5.88 Å². The smallest absolute Gasteiger partial charge is 0.233 e. The molecule has 0 aliphatic heterocycles. The Morgan fingerprint density at radius 3 is 2.61 bits per heavy atom. The lowest BCUT2D eigenvalue weighted by Crippen LogP contribution is -2.06. The lowest BCUT2D eigenvalue weighted by Gasteiger charge is -2.10. The van der Waals surface area contributed by atoms with Gasteiger partial charge in [-0.3, -0.25) is 0 Å². The molecule has 2 rings (SSSR count). The maximum absolute atomic E-state index is 13.4.